The molecule has 2 heterocycles. The zero-order valence-electron chi connectivity index (χ0n) is 12.1. The predicted molar refractivity (Wildman–Crippen MR) is 79.6 cm³/mol. The Bertz CT molecular complexity index is 571. The van der Waals surface area contributed by atoms with E-state index >= 15 is 0 Å². The van der Waals surface area contributed by atoms with E-state index in [0.717, 1.165) is 24.9 Å². The van der Waals surface area contributed by atoms with Gasteiger partial charge in [0.25, 0.3) is 5.91 Å². The summed E-state index contributed by atoms with van der Waals surface area (Å²) >= 11 is 0. The summed E-state index contributed by atoms with van der Waals surface area (Å²) < 4.78 is 0. The van der Waals surface area contributed by atoms with E-state index in [2.05, 4.69) is 16.8 Å². The van der Waals surface area contributed by atoms with Crippen molar-refractivity contribution in [2.24, 2.45) is 5.92 Å². The molecule has 1 N–H and O–H groups in total. The van der Waals surface area contributed by atoms with Crippen LogP contribution in [-0.4, -0.2) is 40.1 Å². The molecule has 21 heavy (non-hydrogen) atoms. The molecule has 2 atom stereocenters. The average molecular weight is 284 g/mol. The van der Waals surface area contributed by atoms with Crippen LogP contribution in [0.4, 0.5) is 0 Å². The fourth-order valence-electron chi connectivity index (χ4n) is 3.59. The van der Waals surface area contributed by atoms with Gasteiger partial charge in [-0.05, 0) is 43.7 Å². The first kappa shape index (κ1) is 14.1. The van der Waals surface area contributed by atoms with E-state index in [0.29, 0.717) is 17.7 Å². The van der Waals surface area contributed by atoms with Gasteiger partial charge >= 0.3 is 0 Å². The first-order chi connectivity index (χ1) is 10.3. The number of aromatic nitrogens is 1. The summed E-state index contributed by atoms with van der Waals surface area (Å²) in [6.07, 6.45) is 7.60. The van der Waals surface area contributed by atoms with E-state index in [1.165, 1.54) is 19.3 Å². The number of carbonyl (C=O) groups is 1. The van der Waals surface area contributed by atoms with Crippen molar-refractivity contribution in [3.63, 3.8) is 0 Å². The van der Waals surface area contributed by atoms with E-state index in [1.807, 2.05) is 4.90 Å². The minimum absolute atomic E-state index is 0.0493. The first-order valence-electron chi connectivity index (χ1n) is 7.66. The third-order valence-electron chi connectivity index (χ3n) is 4.55. The van der Waals surface area contributed by atoms with Gasteiger partial charge in [0.1, 0.15) is 12.3 Å². The van der Waals surface area contributed by atoms with Crippen molar-refractivity contribution >= 4 is 5.91 Å². The van der Waals surface area contributed by atoms with Crippen LogP contribution in [0.2, 0.25) is 0 Å². The van der Waals surface area contributed by atoms with E-state index in [4.69, 9.17) is 5.11 Å². The minimum Gasteiger partial charge on any atom is -0.384 e. The molecule has 0 radical (unpaired) electrons. The van der Waals surface area contributed by atoms with Crippen LogP contribution in [0.1, 0.15) is 48.2 Å². The fourth-order valence-corrected chi connectivity index (χ4v) is 3.59. The Hall–Kier alpha value is -1.86. The highest BCUT2D eigenvalue weighted by molar-refractivity contribution is 5.92. The number of hydrogen-bond donors (Lipinski definition) is 1. The smallest absolute Gasteiger partial charge is 0.272 e. The molecule has 4 nitrogen and oxygen atoms in total. The Labute approximate surface area is 125 Å². The van der Waals surface area contributed by atoms with Gasteiger partial charge in [0, 0.05) is 24.3 Å². The van der Waals surface area contributed by atoms with Crippen molar-refractivity contribution in [3.8, 4) is 11.8 Å². The third-order valence-corrected chi connectivity index (χ3v) is 4.55. The van der Waals surface area contributed by atoms with E-state index in [9.17, 15) is 4.79 Å². The Morgan fingerprint density at radius 2 is 2.19 bits per heavy atom. The second-order valence-electron chi connectivity index (χ2n) is 5.79. The molecular formula is C17H20N2O2. The number of fused-ring (bicyclic) bond motifs is 1. The normalized spacial score (nSPS) is 24.1. The summed E-state index contributed by atoms with van der Waals surface area (Å²) in [6.45, 7) is 0.686. The van der Waals surface area contributed by atoms with Crippen molar-refractivity contribution in [3.05, 3.63) is 29.6 Å². The maximum absolute atomic E-state index is 12.7. The molecule has 110 valence electrons. The van der Waals surface area contributed by atoms with Gasteiger partial charge in [-0.1, -0.05) is 18.3 Å². The molecule has 1 aliphatic heterocycles. The monoisotopic (exact) mass is 284 g/mol. The van der Waals surface area contributed by atoms with E-state index < -0.39 is 0 Å². The van der Waals surface area contributed by atoms with Crippen LogP contribution >= 0.6 is 0 Å². The SMILES string of the molecule is O=C(c1ccc(C#CCO)cn1)N1CCCC2CCCC21. The number of nitrogens with zero attached hydrogens (tertiary/aromatic N) is 2. The van der Waals surface area contributed by atoms with Gasteiger partial charge in [-0.2, -0.15) is 0 Å². The molecule has 1 aliphatic carbocycles. The average Bonchev–Trinajstić information content (AvgIpc) is 3.01. The van der Waals surface area contributed by atoms with Crippen LogP contribution in [-0.2, 0) is 0 Å². The summed E-state index contributed by atoms with van der Waals surface area (Å²) in [4.78, 5) is 18.9. The van der Waals surface area contributed by atoms with Crippen molar-refractivity contribution in [1.82, 2.24) is 9.88 Å². The zero-order valence-corrected chi connectivity index (χ0v) is 12.1. The quantitative estimate of drug-likeness (QED) is 0.801. The summed E-state index contributed by atoms with van der Waals surface area (Å²) in [5, 5.41) is 8.67. The van der Waals surface area contributed by atoms with Crippen LogP contribution in [0.25, 0.3) is 0 Å². The maximum atomic E-state index is 12.7. The van der Waals surface area contributed by atoms with Crippen molar-refractivity contribution in [2.45, 2.75) is 38.1 Å². The molecule has 0 bridgehead atoms. The number of hydrogen-bond acceptors (Lipinski definition) is 3. The topological polar surface area (TPSA) is 53.4 Å². The Morgan fingerprint density at radius 1 is 1.33 bits per heavy atom. The molecular weight excluding hydrogens is 264 g/mol. The lowest BCUT2D eigenvalue weighted by molar-refractivity contribution is 0.0542. The summed E-state index contributed by atoms with van der Waals surface area (Å²) in [5.41, 5.74) is 1.22. The highest BCUT2D eigenvalue weighted by atomic mass is 16.2. The highest BCUT2D eigenvalue weighted by Gasteiger charge is 2.37. The van der Waals surface area contributed by atoms with Crippen molar-refractivity contribution < 1.29 is 9.90 Å². The van der Waals surface area contributed by atoms with Gasteiger partial charge in [0.05, 0.1) is 0 Å². The van der Waals surface area contributed by atoms with E-state index in [1.54, 1.807) is 18.3 Å². The number of amides is 1. The molecule has 1 amide bonds. The first-order valence-corrected chi connectivity index (χ1v) is 7.66. The molecule has 0 aromatic carbocycles. The molecule has 0 spiro atoms. The Morgan fingerprint density at radius 3 is 2.95 bits per heavy atom. The third kappa shape index (κ3) is 2.93. The fraction of sp³-hybridized carbons (Fsp3) is 0.529. The predicted octanol–water partition coefficient (Wildman–Crippen LogP) is 1.83. The van der Waals surface area contributed by atoms with Gasteiger partial charge in [-0.25, -0.2) is 4.98 Å². The molecule has 1 saturated carbocycles. The molecule has 2 unspecified atom stereocenters. The van der Waals surface area contributed by atoms with Crippen LogP contribution in [0, 0.1) is 17.8 Å². The Kier molecular flexibility index (Phi) is 4.21. The van der Waals surface area contributed by atoms with Crippen molar-refractivity contribution in [1.29, 1.82) is 0 Å². The van der Waals surface area contributed by atoms with Gasteiger partial charge in [0.15, 0.2) is 0 Å². The van der Waals surface area contributed by atoms with Crippen molar-refractivity contribution in [2.75, 3.05) is 13.2 Å². The van der Waals surface area contributed by atoms with Crippen LogP contribution in [0.3, 0.4) is 0 Å². The lowest BCUT2D eigenvalue weighted by atomic mass is 9.91. The van der Waals surface area contributed by atoms with Gasteiger partial charge in [-0.15, -0.1) is 0 Å². The molecule has 1 saturated heterocycles. The molecule has 3 rings (SSSR count). The minimum atomic E-state index is -0.169. The van der Waals surface area contributed by atoms with E-state index in [-0.39, 0.29) is 12.5 Å². The standard InChI is InChI=1S/C17H20N2O2/c20-11-3-4-13-8-9-15(18-12-13)17(21)19-10-2-6-14-5-1-7-16(14)19/h8-9,12,14,16,20H,1-2,5-7,10-11H2. The summed E-state index contributed by atoms with van der Waals surface area (Å²) in [6, 6.07) is 3.95. The lowest BCUT2D eigenvalue weighted by Gasteiger charge is -2.37. The number of carbonyl (C=O) groups excluding carboxylic acids is 1. The second-order valence-corrected chi connectivity index (χ2v) is 5.79. The molecule has 1 aromatic rings. The van der Waals surface area contributed by atoms with Gasteiger partial charge in [-0.3, -0.25) is 4.79 Å². The van der Waals surface area contributed by atoms with Crippen LogP contribution < -0.4 is 0 Å². The lowest BCUT2D eigenvalue weighted by Crippen LogP contribution is -2.46. The number of likely N-dealkylation sites (tertiary alicyclic amines) is 1. The molecule has 2 aliphatic rings. The van der Waals surface area contributed by atoms with Gasteiger partial charge < -0.3 is 10.0 Å². The summed E-state index contributed by atoms with van der Waals surface area (Å²) in [7, 11) is 0. The van der Waals surface area contributed by atoms with Crippen LogP contribution in [0.15, 0.2) is 18.3 Å². The maximum Gasteiger partial charge on any atom is 0.272 e. The molecule has 1 aromatic heterocycles. The number of aliphatic hydroxyl groups excluding tert-OH is 1. The number of aliphatic hydroxyl groups is 1. The van der Waals surface area contributed by atoms with Gasteiger partial charge in [0.2, 0.25) is 0 Å². The highest BCUT2D eigenvalue weighted by Crippen LogP contribution is 2.37. The number of piperidine rings is 1. The number of rotatable bonds is 1. The summed E-state index contributed by atoms with van der Waals surface area (Å²) in [5.74, 6) is 6.11. The zero-order chi connectivity index (χ0) is 14.7. The second kappa shape index (κ2) is 6.28. The largest absolute Gasteiger partial charge is 0.384 e. The Balaban J connectivity index is 1.75. The van der Waals surface area contributed by atoms with Crippen LogP contribution in [0.5, 0.6) is 0 Å². The molecule has 4 heteroatoms. The molecule has 2 fully saturated rings. The number of pyridine rings is 1.